The number of pyridine rings is 2. The first-order valence-electron chi connectivity index (χ1n) is 14.5. The number of benzene rings is 2. The Morgan fingerprint density at radius 2 is 1.67 bits per heavy atom. The van der Waals surface area contributed by atoms with Crippen molar-refractivity contribution < 1.29 is 13.9 Å². The van der Waals surface area contributed by atoms with Crippen LogP contribution in [0, 0.1) is 0 Å². The molecule has 1 aliphatic carbocycles. The van der Waals surface area contributed by atoms with Crippen LogP contribution in [0.5, 0.6) is 0 Å². The summed E-state index contributed by atoms with van der Waals surface area (Å²) in [4.78, 5) is 26.5. The van der Waals surface area contributed by atoms with Crippen LogP contribution < -0.4 is 9.72 Å². The van der Waals surface area contributed by atoms with Crippen molar-refractivity contribution in [1.82, 2.24) is 30.0 Å². The Morgan fingerprint density at radius 1 is 0.930 bits per heavy atom. The monoisotopic (exact) mass is 570 g/mol. The van der Waals surface area contributed by atoms with E-state index in [9.17, 15) is 4.79 Å². The van der Waals surface area contributed by atoms with Gasteiger partial charge in [0.05, 0.1) is 27.7 Å². The lowest BCUT2D eigenvalue weighted by Gasteiger charge is -2.43. The van der Waals surface area contributed by atoms with Crippen LogP contribution >= 0.6 is 0 Å². The van der Waals surface area contributed by atoms with Crippen LogP contribution in [-0.2, 0) is 10.3 Å². The highest BCUT2D eigenvalue weighted by Crippen LogP contribution is 2.42. The molecule has 6 aromatic rings. The summed E-state index contributed by atoms with van der Waals surface area (Å²) in [5, 5.41) is 9.13. The molecule has 0 radical (unpaired) electrons. The lowest BCUT2D eigenvalue weighted by molar-refractivity contribution is -0.499. The van der Waals surface area contributed by atoms with Gasteiger partial charge in [-0.2, -0.15) is 4.40 Å². The minimum atomic E-state index is -0.560. The zero-order valence-corrected chi connectivity index (χ0v) is 24.4. The lowest BCUT2D eigenvalue weighted by Crippen LogP contribution is -2.52. The molecule has 1 fully saturated rings. The van der Waals surface area contributed by atoms with E-state index < -0.39 is 17.2 Å². The number of hydrogen-bond donors (Lipinski definition) is 1. The summed E-state index contributed by atoms with van der Waals surface area (Å²) in [6.07, 6.45) is 9.67. The highest BCUT2D eigenvalue weighted by atomic mass is 16.6. The fourth-order valence-corrected chi connectivity index (χ4v) is 5.68. The van der Waals surface area contributed by atoms with Crippen molar-refractivity contribution in [3.63, 3.8) is 0 Å². The molecular formula is C34H32N7O2+. The molecule has 0 saturated heterocycles. The van der Waals surface area contributed by atoms with Crippen molar-refractivity contribution in [2.75, 3.05) is 0 Å². The summed E-state index contributed by atoms with van der Waals surface area (Å²) >= 11 is 0. The maximum absolute atomic E-state index is 12.7. The van der Waals surface area contributed by atoms with Gasteiger partial charge in [-0.1, -0.05) is 47.1 Å². The quantitative estimate of drug-likeness (QED) is 0.248. The average molecular weight is 571 g/mol. The predicted octanol–water partition coefficient (Wildman–Crippen LogP) is 6.19. The minimum absolute atomic E-state index is 0.397. The van der Waals surface area contributed by atoms with Crippen molar-refractivity contribution in [2.24, 2.45) is 0 Å². The molecule has 9 nitrogen and oxygen atoms in total. The van der Waals surface area contributed by atoms with E-state index >= 15 is 0 Å². The van der Waals surface area contributed by atoms with Crippen LogP contribution in [0.2, 0.25) is 0 Å². The molecule has 4 aromatic heterocycles. The number of carbonyl (C=O) groups excluding carboxylic acids is 1. The minimum Gasteiger partial charge on any atom is -0.444 e. The third kappa shape index (κ3) is 4.97. The van der Waals surface area contributed by atoms with Gasteiger partial charge in [0.15, 0.2) is 0 Å². The number of nitrogens with one attached hydrogen (secondary N) is 1. The van der Waals surface area contributed by atoms with Crippen LogP contribution in [0.3, 0.4) is 0 Å². The summed E-state index contributed by atoms with van der Waals surface area (Å²) in [7, 11) is 0. The van der Waals surface area contributed by atoms with E-state index in [1.807, 2.05) is 78.6 Å². The molecule has 9 heteroatoms. The molecule has 214 valence electrons. The Bertz CT molecular complexity index is 1940. The summed E-state index contributed by atoms with van der Waals surface area (Å²) in [5.41, 5.74) is 4.72. The molecule has 0 unspecified atom stereocenters. The third-order valence-corrected chi connectivity index (χ3v) is 7.88. The topological polar surface area (TPSA) is 98.9 Å². The second-order valence-electron chi connectivity index (χ2n) is 11.9. The molecule has 0 atom stereocenters. The molecule has 2 aromatic carbocycles. The molecule has 4 heterocycles. The van der Waals surface area contributed by atoms with Crippen LogP contribution in [-0.4, -0.2) is 36.4 Å². The summed E-state index contributed by atoms with van der Waals surface area (Å²) in [5.74, 6) is 1.14. The van der Waals surface area contributed by atoms with Crippen molar-refractivity contribution in [2.45, 2.75) is 51.2 Å². The second kappa shape index (κ2) is 10.3. The number of rotatable bonds is 5. The third-order valence-electron chi connectivity index (χ3n) is 7.88. The summed E-state index contributed by atoms with van der Waals surface area (Å²) in [6, 6.07) is 24.4. The number of fused-ring (bicyclic) bond motifs is 3. The molecule has 1 saturated carbocycles. The van der Waals surface area contributed by atoms with E-state index in [0.717, 1.165) is 58.2 Å². The smallest absolute Gasteiger partial charge is 0.408 e. The number of ether oxygens (including phenoxy) is 1. The Hall–Kier alpha value is -5.18. The molecule has 1 amide bonds. The summed E-state index contributed by atoms with van der Waals surface area (Å²) < 4.78 is 9.51. The van der Waals surface area contributed by atoms with E-state index in [2.05, 4.69) is 45.6 Å². The van der Waals surface area contributed by atoms with Gasteiger partial charge in [-0.25, -0.2) is 14.8 Å². The van der Waals surface area contributed by atoms with Crippen LogP contribution in [0.1, 0.15) is 45.6 Å². The molecule has 0 bridgehead atoms. The normalized spacial score (nSPS) is 14.4. The number of nitrogens with zero attached hydrogens (tertiary/aromatic N) is 6. The van der Waals surface area contributed by atoms with Gasteiger partial charge in [-0.05, 0) is 81.5 Å². The molecule has 0 spiro atoms. The van der Waals surface area contributed by atoms with Gasteiger partial charge in [0.2, 0.25) is 5.82 Å². The van der Waals surface area contributed by atoms with E-state index in [-0.39, 0.29) is 0 Å². The van der Waals surface area contributed by atoms with Crippen LogP contribution in [0.15, 0.2) is 97.6 Å². The fraction of sp³-hybridized carbons (Fsp3) is 0.235. The van der Waals surface area contributed by atoms with Crippen LogP contribution in [0.25, 0.3) is 45.0 Å². The highest BCUT2D eigenvalue weighted by molar-refractivity contribution is 5.93. The number of aromatic nitrogens is 6. The Morgan fingerprint density at radius 3 is 2.35 bits per heavy atom. The van der Waals surface area contributed by atoms with Crippen molar-refractivity contribution in [3.05, 3.63) is 103 Å². The van der Waals surface area contributed by atoms with Gasteiger partial charge >= 0.3 is 11.9 Å². The SMILES string of the molecule is CC(C)(C)OC(=O)NC1(c2ccc(-n3nc(-c4ncccn4)[n+]4ccc5ncc(-c6ccccc6)cc5c34)cc2)CCC1. The number of alkyl carbamates (subject to hydrolysis) is 1. The maximum atomic E-state index is 12.7. The van der Waals surface area contributed by atoms with Crippen molar-refractivity contribution in [3.8, 4) is 28.5 Å². The van der Waals surface area contributed by atoms with Crippen molar-refractivity contribution >= 4 is 22.6 Å². The van der Waals surface area contributed by atoms with E-state index in [1.165, 1.54) is 0 Å². The zero-order chi connectivity index (χ0) is 29.6. The van der Waals surface area contributed by atoms with Gasteiger partial charge in [0.25, 0.3) is 5.65 Å². The standard InChI is InChI=1S/C34H31N7O2/c1-33(2,3)43-32(42)38-34(16-7-17-34)25-11-13-26(14-12-25)41-31-27-21-24(23-9-5-4-6-10-23)22-37-28(27)15-20-40(31)30(39-41)29-35-18-8-19-36-29/h4-6,8-15,18-22H,7,16-17H2,1-3H3/p+1. The zero-order valence-electron chi connectivity index (χ0n) is 24.4. The largest absolute Gasteiger partial charge is 0.444 e. The van der Waals surface area contributed by atoms with E-state index in [0.29, 0.717) is 11.6 Å². The average Bonchev–Trinajstić information content (AvgIpc) is 3.39. The van der Waals surface area contributed by atoms with Gasteiger partial charge in [0.1, 0.15) is 11.3 Å². The Kier molecular flexibility index (Phi) is 6.38. The number of hydrogen-bond acceptors (Lipinski definition) is 6. The molecule has 0 aliphatic heterocycles. The summed E-state index contributed by atoms with van der Waals surface area (Å²) in [6.45, 7) is 5.62. The van der Waals surface area contributed by atoms with Crippen molar-refractivity contribution in [1.29, 1.82) is 0 Å². The Balaban J connectivity index is 1.35. The first-order valence-corrected chi connectivity index (χ1v) is 14.5. The lowest BCUT2D eigenvalue weighted by atomic mass is 9.72. The highest BCUT2D eigenvalue weighted by Gasteiger charge is 2.41. The number of carbonyl (C=O) groups is 1. The Labute approximate surface area is 249 Å². The van der Waals surface area contributed by atoms with Crippen LogP contribution in [0.4, 0.5) is 4.79 Å². The predicted molar refractivity (Wildman–Crippen MR) is 163 cm³/mol. The molecule has 1 aliphatic rings. The van der Waals surface area contributed by atoms with Gasteiger partial charge in [-0.15, -0.1) is 0 Å². The molecule has 7 rings (SSSR count). The van der Waals surface area contributed by atoms with E-state index in [1.54, 1.807) is 18.5 Å². The first kappa shape index (κ1) is 26.7. The fourth-order valence-electron chi connectivity index (χ4n) is 5.68. The number of amides is 1. The van der Waals surface area contributed by atoms with Gasteiger partial charge in [0, 0.05) is 24.2 Å². The molecular weight excluding hydrogens is 538 g/mol. The molecule has 1 N–H and O–H groups in total. The van der Waals surface area contributed by atoms with E-state index in [4.69, 9.17) is 14.8 Å². The van der Waals surface area contributed by atoms with Gasteiger partial charge in [-0.3, -0.25) is 4.98 Å². The van der Waals surface area contributed by atoms with Gasteiger partial charge < -0.3 is 10.1 Å². The second-order valence-corrected chi connectivity index (χ2v) is 11.9. The first-order chi connectivity index (χ1) is 20.8. The maximum Gasteiger partial charge on any atom is 0.408 e. The molecule has 43 heavy (non-hydrogen) atoms.